The van der Waals surface area contributed by atoms with Crippen LogP contribution in [-0.2, 0) is 9.59 Å². The maximum atomic E-state index is 12.0. The van der Waals surface area contributed by atoms with E-state index in [0.29, 0.717) is 12.8 Å². The van der Waals surface area contributed by atoms with Crippen molar-refractivity contribution in [2.45, 2.75) is 232 Å². The number of hydrogen-bond donors (Lipinski definition) is 1. The number of hydrogen-bond acceptors (Lipinski definition) is 2. The van der Waals surface area contributed by atoms with Crippen LogP contribution in [-0.4, -0.2) is 11.8 Å². The summed E-state index contributed by atoms with van der Waals surface area (Å²) in [5, 5.41) is 2.61. The Labute approximate surface area is 258 Å². The van der Waals surface area contributed by atoms with E-state index in [1.165, 1.54) is 180 Å². The van der Waals surface area contributed by atoms with Crippen LogP contribution in [0, 0.1) is 0 Å². The van der Waals surface area contributed by atoms with Gasteiger partial charge in [-0.15, -0.1) is 0 Å². The summed E-state index contributed by atoms with van der Waals surface area (Å²) in [6.07, 6.45) is 43.7. The lowest BCUT2D eigenvalue weighted by molar-refractivity contribution is -0.130. The first-order valence-corrected chi connectivity index (χ1v) is 19.0. The Kier molecular flexibility index (Phi) is 34.6. The zero-order valence-corrected chi connectivity index (χ0v) is 28.4. The summed E-state index contributed by atoms with van der Waals surface area (Å²) in [6.45, 7) is 4.57. The van der Waals surface area contributed by atoms with Gasteiger partial charge < -0.3 is 0 Å². The largest absolute Gasteiger partial charge is 0.296 e. The van der Waals surface area contributed by atoms with Gasteiger partial charge in [-0.25, -0.2) is 0 Å². The number of unbranched alkanes of at least 4 members (excludes halogenated alkanes) is 30. The van der Waals surface area contributed by atoms with Crippen LogP contribution in [0.4, 0.5) is 0 Å². The molecule has 0 aromatic rings. The number of carbonyl (C=O) groups is 2. The summed E-state index contributed by atoms with van der Waals surface area (Å²) in [7, 11) is 0. The standard InChI is InChI=1S/C38H75NO2/c1-3-5-7-9-11-13-15-17-19-21-23-25-27-29-31-33-35-37(40)39-38(41)36-34-32-30-28-26-24-22-20-18-16-14-12-10-8-6-4-2/h3-36H2,1-2H3,(H,39,40,41). The third-order valence-electron chi connectivity index (χ3n) is 8.79. The van der Waals surface area contributed by atoms with E-state index >= 15 is 0 Å². The Morgan fingerprint density at radius 2 is 0.463 bits per heavy atom. The molecule has 0 rings (SSSR count). The predicted octanol–water partition coefficient (Wildman–Crippen LogP) is 12.9. The van der Waals surface area contributed by atoms with Crippen LogP contribution in [0.1, 0.15) is 232 Å². The number of amides is 2. The molecule has 0 atom stereocenters. The van der Waals surface area contributed by atoms with Crippen LogP contribution < -0.4 is 5.32 Å². The van der Waals surface area contributed by atoms with Crippen LogP contribution in [0.2, 0.25) is 0 Å². The average molecular weight is 578 g/mol. The maximum absolute atomic E-state index is 12.0. The number of imide groups is 1. The van der Waals surface area contributed by atoms with Crippen molar-refractivity contribution in [1.29, 1.82) is 0 Å². The van der Waals surface area contributed by atoms with E-state index in [1.54, 1.807) is 0 Å². The minimum Gasteiger partial charge on any atom is -0.296 e. The molecular formula is C38H75NO2. The molecule has 0 fully saturated rings. The van der Waals surface area contributed by atoms with Crippen molar-refractivity contribution >= 4 is 11.8 Å². The summed E-state index contributed by atoms with van der Waals surface area (Å²) in [6, 6.07) is 0. The number of rotatable bonds is 34. The smallest absolute Gasteiger partial charge is 0.226 e. The van der Waals surface area contributed by atoms with Gasteiger partial charge >= 0.3 is 0 Å². The van der Waals surface area contributed by atoms with E-state index in [1.807, 2.05) is 0 Å². The molecule has 3 heteroatoms. The van der Waals surface area contributed by atoms with Gasteiger partial charge in [-0.3, -0.25) is 14.9 Å². The van der Waals surface area contributed by atoms with E-state index in [9.17, 15) is 9.59 Å². The van der Waals surface area contributed by atoms with Gasteiger partial charge in [0.05, 0.1) is 0 Å². The molecule has 0 aliphatic carbocycles. The number of nitrogens with one attached hydrogen (secondary N) is 1. The molecule has 41 heavy (non-hydrogen) atoms. The van der Waals surface area contributed by atoms with E-state index in [4.69, 9.17) is 0 Å². The monoisotopic (exact) mass is 578 g/mol. The Morgan fingerprint density at radius 1 is 0.293 bits per heavy atom. The Morgan fingerprint density at radius 3 is 0.659 bits per heavy atom. The molecule has 0 spiro atoms. The minimum atomic E-state index is -0.0724. The molecule has 0 saturated heterocycles. The molecular weight excluding hydrogens is 502 g/mol. The highest BCUT2D eigenvalue weighted by molar-refractivity contribution is 5.95. The molecule has 0 aromatic heterocycles. The summed E-state index contributed by atoms with van der Waals surface area (Å²) >= 11 is 0. The van der Waals surface area contributed by atoms with Gasteiger partial charge in [0.25, 0.3) is 0 Å². The predicted molar refractivity (Wildman–Crippen MR) is 181 cm³/mol. The maximum Gasteiger partial charge on any atom is 0.226 e. The zero-order chi connectivity index (χ0) is 29.9. The highest BCUT2D eigenvalue weighted by Gasteiger charge is 2.07. The molecule has 3 nitrogen and oxygen atoms in total. The molecule has 0 bridgehead atoms. The van der Waals surface area contributed by atoms with Gasteiger partial charge in [-0.2, -0.15) is 0 Å². The Balaban J connectivity index is 3.27. The van der Waals surface area contributed by atoms with Gasteiger partial charge in [-0.1, -0.05) is 206 Å². The third kappa shape index (κ3) is 35.2. The lowest BCUT2D eigenvalue weighted by atomic mass is 10.0. The highest BCUT2D eigenvalue weighted by atomic mass is 16.2. The van der Waals surface area contributed by atoms with Crippen molar-refractivity contribution < 1.29 is 9.59 Å². The van der Waals surface area contributed by atoms with Crippen LogP contribution in [0.5, 0.6) is 0 Å². The molecule has 0 aromatic carbocycles. The second-order valence-corrected chi connectivity index (χ2v) is 13.1. The van der Waals surface area contributed by atoms with Crippen LogP contribution in [0.25, 0.3) is 0 Å². The molecule has 0 aliphatic rings. The number of carbonyl (C=O) groups excluding carboxylic acids is 2. The summed E-state index contributed by atoms with van der Waals surface area (Å²) in [5.41, 5.74) is 0. The molecule has 0 heterocycles. The topological polar surface area (TPSA) is 46.2 Å². The lowest BCUT2D eigenvalue weighted by Crippen LogP contribution is -2.29. The molecule has 2 amide bonds. The third-order valence-corrected chi connectivity index (χ3v) is 8.79. The molecule has 1 N–H and O–H groups in total. The molecule has 0 radical (unpaired) electrons. The average Bonchev–Trinajstić information content (AvgIpc) is 2.96. The van der Waals surface area contributed by atoms with Crippen molar-refractivity contribution in [2.75, 3.05) is 0 Å². The normalized spacial score (nSPS) is 11.3. The van der Waals surface area contributed by atoms with E-state index < -0.39 is 0 Å². The van der Waals surface area contributed by atoms with E-state index in [-0.39, 0.29) is 11.8 Å². The van der Waals surface area contributed by atoms with Gasteiger partial charge in [0.2, 0.25) is 11.8 Å². The molecule has 244 valence electrons. The van der Waals surface area contributed by atoms with Crippen LogP contribution in [0.3, 0.4) is 0 Å². The molecule has 0 unspecified atom stereocenters. The first-order valence-electron chi connectivity index (χ1n) is 19.0. The van der Waals surface area contributed by atoms with Gasteiger partial charge in [0, 0.05) is 12.8 Å². The van der Waals surface area contributed by atoms with Crippen molar-refractivity contribution in [3.8, 4) is 0 Å². The second-order valence-electron chi connectivity index (χ2n) is 13.1. The summed E-state index contributed by atoms with van der Waals surface area (Å²) in [5.74, 6) is -0.145. The van der Waals surface area contributed by atoms with Crippen LogP contribution in [0.15, 0.2) is 0 Å². The molecule has 0 saturated carbocycles. The first-order chi connectivity index (χ1) is 20.2. The van der Waals surface area contributed by atoms with Crippen LogP contribution >= 0.6 is 0 Å². The lowest BCUT2D eigenvalue weighted by Gasteiger charge is -2.05. The van der Waals surface area contributed by atoms with E-state index in [2.05, 4.69) is 19.2 Å². The van der Waals surface area contributed by atoms with E-state index in [0.717, 1.165) is 25.7 Å². The fraction of sp³-hybridized carbons (Fsp3) is 0.947. The van der Waals surface area contributed by atoms with Gasteiger partial charge in [0.15, 0.2) is 0 Å². The summed E-state index contributed by atoms with van der Waals surface area (Å²) < 4.78 is 0. The van der Waals surface area contributed by atoms with Crippen molar-refractivity contribution in [3.05, 3.63) is 0 Å². The fourth-order valence-corrected chi connectivity index (χ4v) is 5.95. The van der Waals surface area contributed by atoms with Crippen molar-refractivity contribution in [1.82, 2.24) is 5.32 Å². The fourth-order valence-electron chi connectivity index (χ4n) is 5.95. The first kappa shape index (κ1) is 40.1. The highest BCUT2D eigenvalue weighted by Crippen LogP contribution is 2.15. The van der Waals surface area contributed by atoms with Crippen molar-refractivity contribution in [2.24, 2.45) is 0 Å². The second kappa shape index (κ2) is 35.3. The minimum absolute atomic E-state index is 0.0724. The SMILES string of the molecule is CCCCCCCCCCCCCCCCCCC(=O)NC(=O)CCCCCCCCCCCCCCCCCC. The Bertz CT molecular complexity index is 486. The van der Waals surface area contributed by atoms with Gasteiger partial charge in [0.1, 0.15) is 0 Å². The van der Waals surface area contributed by atoms with Crippen molar-refractivity contribution in [3.63, 3.8) is 0 Å². The molecule has 0 aliphatic heterocycles. The quantitative estimate of drug-likeness (QED) is 0.0773. The zero-order valence-electron chi connectivity index (χ0n) is 28.4. The van der Waals surface area contributed by atoms with Gasteiger partial charge in [-0.05, 0) is 12.8 Å². The Hall–Kier alpha value is -0.860. The summed E-state index contributed by atoms with van der Waals surface area (Å²) in [4.78, 5) is 24.1.